The first-order chi connectivity index (χ1) is 9.08. The number of nitrogens with zero attached hydrogens (tertiary/aromatic N) is 2. The number of nitriles is 1. The van der Waals surface area contributed by atoms with Crippen LogP contribution >= 0.6 is 23.1 Å². The number of methoxy groups -OCH3 is 1. The Labute approximate surface area is 120 Å². The van der Waals surface area contributed by atoms with Crippen LogP contribution in [0.25, 0.3) is 0 Å². The lowest BCUT2D eigenvalue weighted by Crippen LogP contribution is -2.36. The first-order valence-electron chi connectivity index (χ1n) is 5.85. The number of hydrogen-bond donors (Lipinski definition) is 1. The molecule has 1 aliphatic heterocycles. The topological polar surface area (TPSA) is 79.3 Å². The quantitative estimate of drug-likeness (QED) is 0.840. The molecule has 0 aliphatic carbocycles. The Morgan fingerprint density at radius 3 is 2.95 bits per heavy atom. The Bertz CT molecular complexity index is 536. The minimum absolute atomic E-state index is 0.236. The van der Waals surface area contributed by atoms with Crippen LogP contribution in [-0.4, -0.2) is 37.2 Å². The minimum atomic E-state index is -0.482. The van der Waals surface area contributed by atoms with Crippen molar-refractivity contribution in [2.75, 3.05) is 36.6 Å². The number of ether oxygens (including phenoxy) is 1. The molecule has 2 heterocycles. The summed E-state index contributed by atoms with van der Waals surface area (Å²) >= 11 is 3.16. The Morgan fingerprint density at radius 1 is 1.63 bits per heavy atom. The van der Waals surface area contributed by atoms with E-state index in [9.17, 15) is 10.1 Å². The third-order valence-electron chi connectivity index (χ3n) is 2.94. The minimum Gasteiger partial charge on any atom is -0.465 e. The summed E-state index contributed by atoms with van der Waals surface area (Å²) in [4.78, 5) is 14.1. The van der Waals surface area contributed by atoms with Crippen molar-refractivity contribution in [1.29, 1.82) is 5.26 Å². The molecule has 0 bridgehead atoms. The Kier molecular flexibility index (Phi) is 4.22. The van der Waals surface area contributed by atoms with Gasteiger partial charge in [-0.25, -0.2) is 4.79 Å². The number of esters is 1. The molecule has 0 spiro atoms. The van der Waals surface area contributed by atoms with Gasteiger partial charge in [-0.05, 0) is 0 Å². The van der Waals surface area contributed by atoms with Crippen molar-refractivity contribution in [2.24, 2.45) is 0 Å². The highest BCUT2D eigenvalue weighted by Gasteiger charge is 2.27. The predicted octanol–water partition coefficient (Wildman–Crippen LogP) is 1.93. The number of nitrogens with two attached hydrogens (primary N) is 1. The van der Waals surface area contributed by atoms with Crippen LogP contribution in [0.5, 0.6) is 0 Å². The predicted molar refractivity (Wildman–Crippen MR) is 78.9 cm³/mol. The van der Waals surface area contributed by atoms with Crippen molar-refractivity contribution in [2.45, 2.75) is 12.2 Å². The summed E-state index contributed by atoms with van der Waals surface area (Å²) in [5.74, 6) is 0.530. The second-order valence-corrected chi connectivity index (χ2v) is 6.80. The number of thiophene rings is 1. The van der Waals surface area contributed by atoms with E-state index in [1.165, 1.54) is 18.4 Å². The molecule has 1 aromatic heterocycles. The molecule has 1 unspecified atom stereocenters. The van der Waals surface area contributed by atoms with Crippen LogP contribution in [0.3, 0.4) is 0 Å². The number of carbonyl (C=O) groups is 1. The summed E-state index contributed by atoms with van der Waals surface area (Å²) in [6, 6.07) is 2.10. The largest absolute Gasteiger partial charge is 0.465 e. The first-order valence-corrected chi connectivity index (χ1v) is 7.72. The standard InChI is InChI=1S/C12H15N3O2S2/c1-7-6-15(3-4-18-7)11-8(5-13)9(14)10(19-11)12(16)17-2/h7H,3-4,6,14H2,1-2H3. The molecular formula is C12H15N3O2S2. The maximum atomic E-state index is 11.6. The maximum absolute atomic E-state index is 11.6. The number of anilines is 2. The van der Waals surface area contributed by atoms with Crippen LogP contribution in [0.2, 0.25) is 0 Å². The highest BCUT2D eigenvalue weighted by molar-refractivity contribution is 8.00. The summed E-state index contributed by atoms with van der Waals surface area (Å²) in [6.07, 6.45) is 0. The van der Waals surface area contributed by atoms with Gasteiger partial charge in [0.15, 0.2) is 0 Å². The van der Waals surface area contributed by atoms with Gasteiger partial charge in [-0.15, -0.1) is 11.3 Å². The fraction of sp³-hybridized carbons (Fsp3) is 0.500. The van der Waals surface area contributed by atoms with Gasteiger partial charge < -0.3 is 15.4 Å². The zero-order chi connectivity index (χ0) is 14.0. The molecule has 2 N–H and O–H groups in total. The van der Waals surface area contributed by atoms with Crippen molar-refractivity contribution in [1.82, 2.24) is 0 Å². The molecule has 1 fully saturated rings. The Balaban J connectivity index is 2.40. The average Bonchev–Trinajstić information content (AvgIpc) is 2.75. The molecule has 1 aromatic rings. The van der Waals surface area contributed by atoms with E-state index in [4.69, 9.17) is 10.5 Å². The van der Waals surface area contributed by atoms with E-state index in [2.05, 4.69) is 17.9 Å². The summed E-state index contributed by atoms with van der Waals surface area (Å²) in [5, 5.41) is 10.5. The zero-order valence-corrected chi connectivity index (χ0v) is 12.4. The summed E-state index contributed by atoms with van der Waals surface area (Å²) in [7, 11) is 1.31. The molecule has 19 heavy (non-hydrogen) atoms. The number of carbonyl (C=O) groups excluding carboxylic acids is 1. The lowest BCUT2D eigenvalue weighted by atomic mass is 10.2. The third-order valence-corrected chi connectivity index (χ3v) is 5.32. The Morgan fingerprint density at radius 2 is 2.37 bits per heavy atom. The molecule has 1 aliphatic rings. The van der Waals surface area contributed by atoms with Crippen molar-refractivity contribution in [3.8, 4) is 6.07 Å². The SMILES string of the molecule is COC(=O)c1sc(N2CCSC(C)C2)c(C#N)c1N. The molecule has 0 saturated carbocycles. The van der Waals surface area contributed by atoms with E-state index in [0.29, 0.717) is 15.7 Å². The zero-order valence-electron chi connectivity index (χ0n) is 10.8. The van der Waals surface area contributed by atoms with E-state index < -0.39 is 5.97 Å². The van der Waals surface area contributed by atoms with Gasteiger partial charge in [-0.2, -0.15) is 17.0 Å². The molecule has 1 atom stereocenters. The van der Waals surface area contributed by atoms with Crippen LogP contribution in [0.1, 0.15) is 22.2 Å². The van der Waals surface area contributed by atoms with Crippen molar-refractivity contribution >= 4 is 39.8 Å². The van der Waals surface area contributed by atoms with Crippen molar-refractivity contribution in [3.63, 3.8) is 0 Å². The van der Waals surface area contributed by atoms with E-state index in [0.717, 1.165) is 23.8 Å². The van der Waals surface area contributed by atoms with E-state index in [1.807, 2.05) is 11.8 Å². The molecule has 0 aromatic carbocycles. The summed E-state index contributed by atoms with van der Waals surface area (Å²) < 4.78 is 4.70. The van der Waals surface area contributed by atoms with Gasteiger partial charge in [0.05, 0.1) is 12.8 Å². The third kappa shape index (κ3) is 2.65. The molecule has 1 saturated heterocycles. The number of rotatable bonds is 2. The lowest BCUT2D eigenvalue weighted by molar-refractivity contribution is 0.0607. The molecular weight excluding hydrogens is 282 g/mol. The monoisotopic (exact) mass is 297 g/mol. The second-order valence-electron chi connectivity index (χ2n) is 4.26. The lowest BCUT2D eigenvalue weighted by Gasteiger charge is -2.31. The summed E-state index contributed by atoms with van der Waals surface area (Å²) in [5.41, 5.74) is 6.52. The van der Waals surface area contributed by atoms with Gasteiger partial charge in [0, 0.05) is 24.1 Å². The second kappa shape index (κ2) is 5.72. The normalized spacial score (nSPS) is 19.0. The highest BCUT2D eigenvalue weighted by Crippen LogP contribution is 2.39. The average molecular weight is 297 g/mol. The van der Waals surface area contributed by atoms with Gasteiger partial charge in [0.25, 0.3) is 0 Å². The fourth-order valence-electron chi connectivity index (χ4n) is 2.01. The van der Waals surface area contributed by atoms with E-state index in [1.54, 1.807) is 0 Å². The van der Waals surface area contributed by atoms with Crippen molar-refractivity contribution < 1.29 is 9.53 Å². The van der Waals surface area contributed by atoms with Gasteiger partial charge in [0.2, 0.25) is 0 Å². The van der Waals surface area contributed by atoms with Crippen molar-refractivity contribution in [3.05, 3.63) is 10.4 Å². The van der Waals surface area contributed by atoms with Gasteiger partial charge in [0.1, 0.15) is 21.5 Å². The molecule has 5 nitrogen and oxygen atoms in total. The van der Waals surface area contributed by atoms with Crippen LogP contribution in [0, 0.1) is 11.3 Å². The number of hydrogen-bond acceptors (Lipinski definition) is 7. The molecule has 102 valence electrons. The van der Waals surface area contributed by atoms with Crippen LogP contribution in [0.15, 0.2) is 0 Å². The maximum Gasteiger partial charge on any atom is 0.350 e. The highest BCUT2D eigenvalue weighted by atomic mass is 32.2. The smallest absolute Gasteiger partial charge is 0.350 e. The molecule has 0 radical (unpaired) electrons. The van der Waals surface area contributed by atoms with E-state index in [-0.39, 0.29) is 5.69 Å². The van der Waals surface area contributed by atoms with Gasteiger partial charge >= 0.3 is 5.97 Å². The molecule has 2 rings (SSSR count). The number of nitrogen functional groups attached to an aromatic ring is 1. The molecule has 7 heteroatoms. The van der Waals surface area contributed by atoms with Gasteiger partial charge in [-0.1, -0.05) is 6.92 Å². The fourth-order valence-corrected chi connectivity index (χ4v) is 4.15. The van der Waals surface area contributed by atoms with Crippen LogP contribution in [-0.2, 0) is 4.74 Å². The molecule has 0 amide bonds. The van der Waals surface area contributed by atoms with Crippen LogP contribution in [0.4, 0.5) is 10.7 Å². The van der Waals surface area contributed by atoms with Gasteiger partial charge in [-0.3, -0.25) is 0 Å². The number of thioether (sulfide) groups is 1. The first kappa shape index (κ1) is 14.0. The summed E-state index contributed by atoms with van der Waals surface area (Å²) in [6.45, 7) is 3.88. The Hall–Kier alpha value is -1.39. The van der Waals surface area contributed by atoms with E-state index >= 15 is 0 Å². The van der Waals surface area contributed by atoms with Crippen LogP contribution < -0.4 is 10.6 Å².